The van der Waals surface area contributed by atoms with Crippen molar-refractivity contribution in [2.24, 2.45) is 11.8 Å². The van der Waals surface area contributed by atoms with Crippen molar-refractivity contribution in [3.63, 3.8) is 0 Å². The summed E-state index contributed by atoms with van der Waals surface area (Å²) in [5, 5.41) is 3.25. The Bertz CT molecular complexity index is 546. The van der Waals surface area contributed by atoms with Crippen LogP contribution in [-0.4, -0.2) is 43.7 Å². The molecule has 0 spiro atoms. The molecule has 1 N–H and O–H groups in total. The number of aryl methyl sites for hydroxylation is 1. The minimum atomic E-state index is 0.130. The number of amides is 1. The molecule has 3 rings (SSSR count). The van der Waals surface area contributed by atoms with Crippen LogP contribution in [0.15, 0.2) is 24.3 Å². The van der Waals surface area contributed by atoms with Gasteiger partial charge < -0.3 is 10.1 Å². The fourth-order valence-electron chi connectivity index (χ4n) is 4.17. The molecular weight excluding hydrogens is 312 g/mol. The van der Waals surface area contributed by atoms with E-state index < -0.39 is 0 Å². The van der Waals surface area contributed by atoms with Crippen molar-refractivity contribution >= 4 is 5.91 Å². The third-order valence-electron chi connectivity index (χ3n) is 5.94. The fraction of sp³-hybridized carbons (Fsp3) is 0.667. The zero-order valence-electron chi connectivity index (χ0n) is 15.7. The maximum atomic E-state index is 12.6. The highest BCUT2D eigenvalue weighted by molar-refractivity contribution is 5.78. The third kappa shape index (κ3) is 4.83. The van der Waals surface area contributed by atoms with E-state index in [-0.39, 0.29) is 17.9 Å². The number of hydrogen-bond donors (Lipinski definition) is 1. The maximum absolute atomic E-state index is 12.6. The lowest BCUT2D eigenvalue weighted by molar-refractivity contribution is -0.126. The molecule has 1 aromatic rings. The summed E-state index contributed by atoms with van der Waals surface area (Å²) < 4.78 is 5.51. The highest BCUT2D eigenvalue weighted by atomic mass is 16.5. The van der Waals surface area contributed by atoms with Crippen molar-refractivity contribution in [3.05, 3.63) is 35.4 Å². The number of rotatable bonds is 6. The van der Waals surface area contributed by atoms with Crippen molar-refractivity contribution in [1.29, 1.82) is 0 Å². The number of hydrogen-bond acceptors (Lipinski definition) is 3. The lowest BCUT2D eigenvalue weighted by Gasteiger charge is -2.35. The Morgan fingerprint density at radius 1 is 1.20 bits per heavy atom. The van der Waals surface area contributed by atoms with E-state index in [1.165, 1.54) is 36.8 Å². The number of nitrogens with one attached hydrogen (secondary N) is 1. The average molecular weight is 344 g/mol. The van der Waals surface area contributed by atoms with Gasteiger partial charge in [-0.05, 0) is 31.2 Å². The Kier molecular flexibility index (Phi) is 6.49. The SMILES string of the molecule is Cc1ccc(C(CNC(=O)C(C)C2CCCC2)N2CCOCC2)cc1. The number of carbonyl (C=O) groups is 1. The van der Waals surface area contributed by atoms with Crippen LogP contribution >= 0.6 is 0 Å². The molecule has 25 heavy (non-hydrogen) atoms. The van der Waals surface area contributed by atoms with Gasteiger partial charge >= 0.3 is 0 Å². The Morgan fingerprint density at radius 2 is 1.84 bits per heavy atom. The van der Waals surface area contributed by atoms with Crippen molar-refractivity contribution in [2.75, 3.05) is 32.8 Å². The number of carbonyl (C=O) groups excluding carboxylic acids is 1. The third-order valence-corrected chi connectivity index (χ3v) is 5.94. The standard InChI is InChI=1S/C21H32N2O2/c1-16-7-9-19(10-8-16)20(23-11-13-25-14-12-23)15-22-21(24)17(2)18-5-3-4-6-18/h7-10,17-18,20H,3-6,11-15H2,1-2H3,(H,22,24). The van der Waals surface area contributed by atoms with Gasteiger partial charge in [-0.3, -0.25) is 9.69 Å². The molecule has 2 fully saturated rings. The van der Waals surface area contributed by atoms with E-state index in [0.29, 0.717) is 12.5 Å². The van der Waals surface area contributed by atoms with Gasteiger partial charge in [-0.2, -0.15) is 0 Å². The lowest BCUT2D eigenvalue weighted by Crippen LogP contribution is -2.45. The molecule has 1 amide bonds. The Morgan fingerprint density at radius 3 is 2.48 bits per heavy atom. The molecular formula is C21H32N2O2. The second kappa shape index (κ2) is 8.81. The second-order valence-corrected chi connectivity index (χ2v) is 7.65. The molecule has 1 aliphatic carbocycles. The molecule has 0 radical (unpaired) electrons. The molecule has 2 atom stereocenters. The minimum absolute atomic E-state index is 0.130. The topological polar surface area (TPSA) is 41.6 Å². The molecule has 1 aromatic carbocycles. The van der Waals surface area contributed by atoms with Gasteiger partial charge in [-0.1, -0.05) is 49.6 Å². The van der Waals surface area contributed by atoms with E-state index in [0.717, 1.165) is 26.3 Å². The number of ether oxygens (including phenoxy) is 1. The van der Waals surface area contributed by atoms with E-state index in [4.69, 9.17) is 4.74 Å². The Balaban J connectivity index is 1.64. The summed E-state index contributed by atoms with van der Waals surface area (Å²) in [6.45, 7) is 8.28. The van der Waals surface area contributed by atoms with Crippen LogP contribution in [0.25, 0.3) is 0 Å². The molecule has 2 unspecified atom stereocenters. The first-order valence-electron chi connectivity index (χ1n) is 9.81. The van der Waals surface area contributed by atoms with Gasteiger partial charge in [0.25, 0.3) is 0 Å². The maximum Gasteiger partial charge on any atom is 0.223 e. The minimum Gasteiger partial charge on any atom is -0.379 e. The van der Waals surface area contributed by atoms with E-state index in [9.17, 15) is 4.79 Å². The zero-order valence-corrected chi connectivity index (χ0v) is 15.7. The van der Waals surface area contributed by atoms with Gasteiger partial charge in [0.05, 0.1) is 19.3 Å². The molecule has 1 saturated heterocycles. The summed E-state index contributed by atoms with van der Waals surface area (Å²) in [7, 11) is 0. The van der Waals surface area contributed by atoms with Crippen LogP contribution in [0.5, 0.6) is 0 Å². The van der Waals surface area contributed by atoms with E-state index in [2.05, 4.69) is 48.3 Å². The fourth-order valence-corrected chi connectivity index (χ4v) is 4.17. The van der Waals surface area contributed by atoms with Crippen molar-refractivity contribution in [2.45, 2.75) is 45.6 Å². The number of benzene rings is 1. The zero-order chi connectivity index (χ0) is 17.6. The summed E-state index contributed by atoms with van der Waals surface area (Å²) >= 11 is 0. The smallest absolute Gasteiger partial charge is 0.223 e. The van der Waals surface area contributed by atoms with Gasteiger partial charge in [0, 0.05) is 25.6 Å². The van der Waals surface area contributed by atoms with Crippen molar-refractivity contribution in [3.8, 4) is 0 Å². The first-order chi connectivity index (χ1) is 12.1. The summed E-state index contributed by atoms with van der Waals surface area (Å²) in [5.41, 5.74) is 2.55. The van der Waals surface area contributed by atoms with Crippen LogP contribution in [0, 0.1) is 18.8 Å². The van der Waals surface area contributed by atoms with Crippen LogP contribution in [0.4, 0.5) is 0 Å². The van der Waals surface area contributed by atoms with Crippen LogP contribution < -0.4 is 5.32 Å². The molecule has 1 aliphatic heterocycles. The summed E-state index contributed by atoms with van der Waals surface area (Å²) in [5.74, 6) is 0.921. The normalized spacial score (nSPS) is 21.8. The largest absolute Gasteiger partial charge is 0.379 e. The predicted molar refractivity (Wildman–Crippen MR) is 100 cm³/mol. The van der Waals surface area contributed by atoms with E-state index in [1.54, 1.807) is 0 Å². The van der Waals surface area contributed by atoms with Gasteiger partial charge in [-0.15, -0.1) is 0 Å². The van der Waals surface area contributed by atoms with Gasteiger partial charge in [0.15, 0.2) is 0 Å². The second-order valence-electron chi connectivity index (χ2n) is 7.65. The van der Waals surface area contributed by atoms with Gasteiger partial charge in [0.2, 0.25) is 5.91 Å². The predicted octanol–water partition coefficient (Wildman–Crippen LogP) is 3.31. The van der Waals surface area contributed by atoms with Crippen LogP contribution in [0.3, 0.4) is 0 Å². The number of nitrogens with zero attached hydrogens (tertiary/aromatic N) is 1. The van der Waals surface area contributed by atoms with E-state index in [1.807, 2.05) is 0 Å². The molecule has 0 bridgehead atoms. The highest BCUT2D eigenvalue weighted by Gasteiger charge is 2.28. The first-order valence-corrected chi connectivity index (χ1v) is 9.81. The molecule has 2 aliphatic rings. The molecule has 0 aromatic heterocycles. The number of morpholine rings is 1. The van der Waals surface area contributed by atoms with Gasteiger partial charge in [0.1, 0.15) is 0 Å². The summed E-state index contributed by atoms with van der Waals surface area (Å²) in [6.07, 6.45) is 4.98. The molecule has 1 saturated carbocycles. The lowest BCUT2D eigenvalue weighted by atomic mass is 9.91. The van der Waals surface area contributed by atoms with Gasteiger partial charge in [-0.25, -0.2) is 0 Å². The molecule has 4 nitrogen and oxygen atoms in total. The van der Waals surface area contributed by atoms with Crippen molar-refractivity contribution in [1.82, 2.24) is 10.2 Å². The summed E-state index contributed by atoms with van der Waals surface area (Å²) in [4.78, 5) is 15.1. The molecule has 1 heterocycles. The van der Waals surface area contributed by atoms with Crippen LogP contribution in [0.2, 0.25) is 0 Å². The Hall–Kier alpha value is -1.39. The quantitative estimate of drug-likeness (QED) is 0.861. The van der Waals surface area contributed by atoms with Crippen LogP contribution in [0.1, 0.15) is 49.8 Å². The monoisotopic (exact) mass is 344 g/mol. The van der Waals surface area contributed by atoms with Crippen molar-refractivity contribution < 1.29 is 9.53 Å². The Labute approximate surface area is 151 Å². The molecule has 138 valence electrons. The van der Waals surface area contributed by atoms with Crippen LogP contribution in [-0.2, 0) is 9.53 Å². The highest BCUT2D eigenvalue weighted by Crippen LogP contribution is 2.31. The molecule has 4 heteroatoms. The first kappa shape index (κ1) is 18.4. The van der Waals surface area contributed by atoms with E-state index >= 15 is 0 Å². The average Bonchev–Trinajstić information content (AvgIpc) is 3.18. The summed E-state index contributed by atoms with van der Waals surface area (Å²) in [6, 6.07) is 8.94.